The highest BCUT2D eigenvalue weighted by Gasteiger charge is 2.30. The monoisotopic (exact) mass is 222 g/mol. The van der Waals surface area contributed by atoms with E-state index in [1.807, 2.05) is 19.1 Å². The zero-order chi connectivity index (χ0) is 12.2. The van der Waals surface area contributed by atoms with Gasteiger partial charge in [-0.3, -0.25) is 0 Å². The molecule has 16 heavy (non-hydrogen) atoms. The summed E-state index contributed by atoms with van der Waals surface area (Å²) in [6, 6.07) is 8.12. The average molecular weight is 222 g/mol. The first-order chi connectivity index (χ1) is 7.52. The molecule has 90 valence electrons. The molecule has 1 N–H and O–H groups in total. The van der Waals surface area contributed by atoms with E-state index in [-0.39, 0.29) is 6.10 Å². The van der Waals surface area contributed by atoms with E-state index < -0.39 is 5.60 Å². The minimum absolute atomic E-state index is 0.218. The van der Waals surface area contributed by atoms with E-state index in [9.17, 15) is 5.11 Å². The molecule has 2 atom stereocenters. The minimum Gasteiger partial charge on any atom is -0.383 e. The van der Waals surface area contributed by atoms with Gasteiger partial charge in [-0.05, 0) is 31.4 Å². The van der Waals surface area contributed by atoms with Crippen LogP contribution < -0.4 is 0 Å². The van der Waals surface area contributed by atoms with Crippen molar-refractivity contribution in [3.63, 3.8) is 0 Å². The van der Waals surface area contributed by atoms with Crippen LogP contribution in [0.1, 0.15) is 38.3 Å². The van der Waals surface area contributed by atoms with E-state index in [1.165, 1.54) is 5.56 Å². The van der Waals surface area contributed by atoms with Crippen molar-refractivity contribution >= 4 is 0 Å². The molecule has 0 amide bonds. The summed E-state index contributed by atoms with van der Waals surface area (Å²) in [6.45, 7) is 5.83. The molecule has 2 unspecified atom stereocenters. The third kappa shape index (κ3) is 2.83. The van der Waals surface area contributed by atoms with E-state index in [4.69, 9.17) is 4.74 Å². The van der Waals surface area contributed by atoms with E-state index >= 15 is 0 Å². The SMILES string of the molecule is CCCc1cccc(C(C)(O)C(C)OC)c1. The maximum Gasteiger partial charge on any atom is 0.113 e. The van der Waals surface area contributed by atoms with Gasteiger partial charge in [0.2, 0.25) is 0 Å². The molecule has 0 spiro atoms. The first kappa shape index (κ1) is 13.2. The number of ether oxygens (including phenoxy) is 1. The molecule has 0 aliphatic rings. The Labute approximate surface area is 98.3 Å². The third-order valence-corrected chi connectivity index (χ3v) is 3.20. The summed E-state index contributed by atoms with van der Waals surface area (Å²) in [5.41, 5.74) is 1.26. The van der Waals surface area contributed by atoms with Crippen molar-refractivity contribution in [3.8, 4) is 0 Å². The summed E-state index contributed by atoms with van der Waals surface area (Å²) in [6.07, 6.45) is 1.95. The van der Waals surface area contributed by atoms with Crippen molar-refractivity contribution in [2.45, 2.75) is 45.3 Å². The second-order valence-corrected chi connectivity index (χ2v) is 4.48. The van der Waals surface area contributed by atoms with Gasteiger partial charge in [0, 0.05) is 7.11 Å². The number of rotatable bonds is 5. The van der Waals surface area contributed by atoms with Crippen molar-refractivity contribution in [1.82, 2.24) is 0 Å². The van der Waals surface area contributed by atoms with Crippen molar-refractivity contribution in [2.24, 2.45) is 0 Å². The van der Waals surface area contributed by atoms with Crippen molar-refractivity contribution in [3.05, 3.63) is 35.4 Å². The Hall–Kier alpha value is -0.860. The van der Waals surface area contributed by atoms with E-state index in [0.717, 1.165) is 18.4 Å². The molecule has 2 nitrogen and oxygen atoms in total. The van der Waals surface area contributed by atoms with E-state index in [0.29, 0.717) is 0 Å². The zero-order valence-corrected chi connectivity index (χ0v) is 10.7. The van der Waals surface area contributed by atoms with Gasteiger partial charge in [-0.2, -0.15) is 0 Å². The molecule has 0 fully saturated rings. The van der Waals surface area contributed by atoms with Crippen LogP contribution >= 0.6 is 0 Å². The first-order valence-corrected chi connectivity index (χ1v) is 5.87. The van der Waals surface area contributed by atoms with Crippen LogP contribution in [0.5, 0.6) is 0 Å². The Kier molecular flexibility index (Phi) is 4.51. The fourth-order valence-corrected chi connectivity index (χ4v) is 1.79. The Balaban J connectivity index is 2.98. The molecule has 1 aromatic rings. The molecule has 1 aromatic carbocycles. The van der Waals surface area contributed by atoms with Gasteiger partial charge in [0.15, 0.2) is 0 Å². The molecule has 2 heteroatoms. The van der Waals surface area contributed by atoms with Crippen LogP contribution in [-0.2, 0) is 16.8 Å². The minimum atomic E-state index is -0.932. The summed E-state index contributed by atoms with van der Waals surface area (Å²) in [7, 11) is 1.62. The fourth-order valence-electron chi connectivity index (χ4n) is 1.79. The van der Waals surface area contributed by atoms with Gasteiger partial charge in [-0.25, -0.2) is 0 Å². The van der Waals surface area contributed by atoms with Crippen molar-refractivity contribution in [1.29, 1.82) is 0 Å². The molecule has 1 rings (SSSR count). The van der Waals surface area contributed by atoms with E-state index in [1.54, 1.807) is 14.0 Å². The second-order valence-electron chi connectivity index (χ2n) is 4.48. The third-order valence-electron chi connectivity index (χ3n) is 3.20. The van der Waals surface area contributed by atoms with Crippen LogP contribution in [0.2, 0.25) is 0 Å². The lowest BCUT2D eigenvalue weighted by molar-refractivity contribution is -0.0772. The van der Waals surface area contributed by atoms with Crippen LogP contribution in [-0.4, -0.2) is 18.3 Å². The van der Waals surface area contributed by atoms with Crippen molar-refractivity contribution in [2.75, 3.05) is 7.11 Å². The standard InChI is InChI=1S/C14H22O2/c1-5-7-12-8-6-9-13(10-12)14(3,15)11(2)16-4/h6,8-11,15H,5,7H2,1-4H3. The lowest BCUT2D eigenvalue weighted by atomic mass is 9.89. The summed E-state index contributed by atoms with van der Waals surface area (Å²) in [4.78, 5) is 0. The largest absolute Gasteiger partial charge is 0.383 e. The highest BCUT2D eigenvalue weighted by Crippen LogP contribution is 2.27. The average Bonchev–Trinajstić information content (AvgIpc) is 2.28. The smallest absolute Gasteiger partial charge is 0.113 e. The van der Waals surface area contributed by atoms with Gasteiger partial charge in [0.05, 0.1) is 6.10 Å². The Morgan fingerprint density at radius 3 is 2.69 bits per heavy atom. The van der Waals surface area contributed by atoms with Gasteiger partial charge >= 0.3 is 0 Å². The Morgan fingerprint density at radius 1 is 1.44 bits per heavy atom. The quantitative estimate of drug-likeness (QED) is 0.830. The van der Waals surface area contributed by atoms with Gasteiger partial charge in [0.25, 0.3) is 0 Å². The predicted molar refractivity (Wildman–Crippen MR) is 66.5 cm³/mol. The Morgan fingerprint density at radius 2 is 2.12 bits per heavy atom. The molecule has 0 bridgehead atoms. The molecule has 0 heterocycles. The lowest BCUT2D eigenvalue weighted by Gasteiger charge is -2.30. The molecule has 0 aliphatic heterocycles. The van der Waals surface area contributed by atoms with Gasteiger partial charge in [-0.15, -0.1) is 0 Å². The number of benzene rings is 1. The molecule has 0 aromatic heterocycles. The lowest BCUT2D eigenvalue weighted by Crippen LogP contribution is -2.35. The number of hydrogen-bond acceptors (Lipinski definition) is 2. The van der Waals surface area contributed by atoms with Crippen LogP contribution in [0.4, 0.5) is 0 Å². The maximum atomic E-state index is 10.4. The molecule has 0 aliphatic carbocycles. The summed E-state index contributed by atoms with van der Waals surface area (Å²) >= 11 is 0. The molecular formula is C14H22O2. The number of aliphatic hydroxyl groups is 1. The Bertz CT molecular complexity index is 331. The van der Waals surface area contributed by atoms with Gasteiger partial charge in [0.1, 0.15) is 5.60 Å². The number of aryl methyl sites for hydroxylation is 1. The normalized spacial score (nSPS) is 16.8. The highest BCUT2D eigenvalue weighted by atomic mass is 16.5. The van der Waals surface area contributed by atoms with Gasteiger partial charge < -0.3 is 9.84 Å². The fraction of sp³-hybridized carbons (Fsp3) is 0.571. The molecule has 0 saturated carbocycles. The molecular weight excluding hydrogens is 200 g/mol. The molecule has 0 radical (unpaired) electrons. The molecule has 0 saturated heterocycles. The summed E-state index contributed by atoms with van der Waals surface area (Å²) in [5, 5.41) is 10.4. The predicted octanol–water partition coefficient (Wildman–Crippen LogP) is 2.88. The van der Waals surface area contributed by atoms with E-state index in [2.05, 4.69) is 19.1 Å². The summed E-state index contributed by atoms with van der Waals surface area (Å²) in [5.74, 6) is 0. The number of methoxy groups -OCH3 is 1. The van der Waals surface area contributed by atoms with Crippen LogP contribution in [0.3, 0.4) is 0 Å². The van der Waals surface area contributed by atoms with Crippen LogP contribution in [0.15, 0.2) is 24.3 Å². The number of hydrogen-bond donors (Lipinski definition) is 1. The first-order valence-electron chi connectivity index (χ1n) is 5.87. The van der Waals surface area contributed by atoms with Crippen molar-refractivity contribution < 1.29 is 9.84 Å². The maximum absolute atomic E-state index is 10.4. The van der Waals surface area contributed by atoms with Crippen LogP contribution in [0, 0.1) is 0 Å². The summed E-state index contributed by atoms with van der Waals surface area (Å²) < 4.78 is 5.22. The topological polar surface area (TPSA) is 29.5 Å². The van der Waals surface area contributed by atoms with Gasteiger partial charge in [-0.1, -0.05) is 37.6 Å². The zero-order valence-electron chi connectivity index (χ0n) is 10.7. The van der Waals surface area contributed by atoms with Crippen LogP contribution in [0.25, 0.3) is 0 Å². The highest BCUT2D eigenvalue weighted by molar-refractivity contribution is 5.28. The second kappa shape index (κ2) is 5.46.